The molecule has 555 valence electrons. The molecule has 2 N–H and O–H groups in total. The van der Waals surface area contributed by atoms with Gasteiger partial charge in [-0.3, -0.25) is 4.98 Å². The standard InChI is InChI=1S/C43H31N.C42H30N2.C16H11N2.C5H12O2.Ir/c1-4-14-32(15-5-1)33-24-28-37(29-25-33)44(36-18-8-3-9-19-36)38-30-26-35(27-31-38)43(34-16-6-2-7-17-34)41-22-12-10-20-39(41)40-21-11-13-23-42(40)43;1-4-12-31(13-5-1)32-20-25-37(26-21-32)43(35-14-6-2-7-15-35)38-27-22-33(23-28-38)34-24-29-42-40(30-34)39-18-10-11-19-41(39)44(42)36-16-8-3-9-17-36;1-3-7-13(8-4-1)15-11-16(18-12-17-15)14-9-5-2-6-10-14;1-4(6)3-5(2)7;/h1-31H;1-30H;1-9,11-12H;4-7H,3H2,1-2H3;/q;;-1;;. The van der Waals surface area contributed by atoms with Gasteiger partial charge in [0.2, 0.25) is 0 Å². The Labute approximate surface area is 681 Å². The van der Waals surface area contributed by atoms with Crippen LogP contribution in [0.5, 0.6) is 0 Å². The van der Waals surface area contributed by atoms with Crippen LogP contribution in [-0.2, 0) is 25.5 Å². The fraction of sp³-hybridized carbons (Fsp3) is 0.0566. The summed E-state index contributed by atoms with van der Waals surface area (Å²) in [6, 6.07) is 156. The van der Waals surface area contributed by atoms with E-state index in [4.69, 9.17) is 10.2 Å². The molecule has 2 aromatic heterocycles. The Kier molecular flexibility index (Phi) is 23.8. The normalized spacial score (nSPS) is 12.0. The third-order valence-corrected chi connectivity index (χ3v) is 20.8. The van der Waals surface area contributed by atoms with Crippen LogP contribution in [0.25, 0.3) is 94.5 Å². The van der Waals surface area contributed by atoms with Crippen LogP contribution in [0, 0.1) is 6.07 Å². The zero-order chi connectivity index (χ0) is 76.7. The van der Waals surface area contributed by atoms with Crippen molar-refractivity contribution in [3.05, 3.63) is 465 Å². The van der Waals surface area contributed by atoms with Gasteiger partial charge in [-0.25, -0.2) is 4.98 Å². The predicted octanol–water partition coefficient (Wildman–Crippen LogP) is 26.5. The van der Waals surface area contributed by atoms with Crippen molar-refractivity contribution in [3.63, 3.8) is 0 Å². The van der Waals surface area contributed by atoms with Gasteiger partial charge in [0.05, 0.1) is 34.4 Å². The summed E-state index contributed by atoms with van der Waals surface area (Å²) >= 11 is 0. The van der Waals surface area contributed by atoms with E-state index in [0.29, 0.717) is 6.42 Å². The van der Waals surface area contributed by atoms with Crippen LogP contribution in [0.2, 0.25) is 0 Å². The second-order valence-electron chi connectivity index (χ2n) is 28.3. The molecule has 2 heterocycles. The third kappa shape index (κ3) is 16.5. The molecule has 0 fully saturated rings. The first-order chi connectivity index (χ1) is 55.7. The predicted molar refractivity (Wildman–Crippen MR) is 470 cm³/mol. The maximum absolute atomic E-state index is 8.56. The average Bonchev–Trinajstić information content (AvgIpc) is 1.53. The number of aromatic nitrogens is 3. The Balaban J connectivity index is 0.000000138. The molecule has 0 amide bonds. The van der Waals surface area contributed by atoms with Gasteiger partial charge < -0.3 is 24.6 Å². The molecule has 1 aliphatic carbocycles. The van der Waals surface area contributed by atoms with E-state index in [-0.39, 0.29) is 32.3 Å². The Morgan fingerprint density at radius 1 is 0.316 bits per heavy atom. The minimum atomic E-state index is -0.401. The van der Waals surface area contributed by atoms with Crippen LogP contribution < -0.4 is 9.80 Å². The first-order valence-corrected chi connectivity index (χ1v) is 38.5. The zero-order valence-electron chi connectivity index (χ0n) is 63.4. The number of fused-ring (bicyclic) bond motifs is 6. The van der Waals surface area contributed by atoms with Crippen LogP contribution in [-0.4, -0.2) is 37.0 Å². The number of benzene rings is 16. The quantitative estimate of drug-likeness (QED) is 0.0939. The van der Waals surface area contributed by atoms with Gasteiger partial charge >= 0.3 is 0 Å². The van der Waals surface area contributed by atoms with Crippen molar-refractivity contribution in [3.8, 4) is 72.7 Å². The Morgan fingerprint density at radius 3 is 1.15 bits per heavy atom. The minimum absolute atomic E-state index is 0. The summed E-state index contributed by atoms with van der Waals surface area (Å²) in [6.45, 7) is 3.32. The molecule has 0 spiro atoms. The molecule has 0 bridgehead atoms. The molecule has 8 heteroatoms. The molecular formula is C106H84IrN5O2-. The van der Waals surface area contributed by atoms with Gasteiger partial charge in [-0.05, 0) is 201 Å². The van der Waals surface area contributed by atoms with Crippen molar-refractivity contribution in [2.45, 2.75) is 37.9 Å². The number of hydrogen-bond acceptors (Lipinski definition) is 6. The molecule has 2 atom stereocenters. The Hall–Kier alpha value is -13.4. The number of hydrogen-bond donors (Lipinski definition) is 2. The van der Waals surface area contributed by atoms with E-state index in [0.717, 1.165) is 56.6 Å². The van der Waals surface area contributed by atoms with Gasteiger partial charge in [-0.15, -0.1) is 35.9 Å². The number of rotatable bonds is 16. The smallest absolute Gasteiger partial charge is 0.106 e. The van der Waals surface area contributed by atoms with Crippen LogP contribution in [0.3, 0.4) is 0 Å². The molecular weight excluding hydrogens is 1570 g/mol. The van der Waals surface area contributed by atoms with E-state index in [1.54, 1.807) is 20.2 Å². The zero-order valence-corrected chi connectivity index (χ0v) is 65.8. The van der Waals surface area contributed by atoms with Gasteiger partial charge in [0.1, 0.15) is 6.33 Å². The van der Waals surface area contributed by atoms with Gasteiger partial charge in [0.15, 0.2) is 0 Å². The van der Waals surface area contributed by atoms with E-state index in [1.165, 1.54) is 94.3 Å². The first-order valence-electron chi connectivity index (χ1n) is 38.5. The molecule has 2 unspecified atom stereocenters. The van der Waals surface area contributed by atoms with Crippen molar-refractivity contribution >= 4 is 55.9 Å². The number of anilines is 6. The van der Waals surface area contributed by atoms with E-state index >= 15 is 0 Å². The number of para-hydroxylation sites is 4. The van der Waals surface area contributed by atoms with Gasteiger partial charge in [0.25, 0.3) is 0 Å². The van der Waals surface area contributed by atoms with Crippen molar-refractivity contribution in [1.29, 1.82) is 0 Å². The summed E-state index contributed by atoms with van der Waals surface area (Å²) in [7, 11) is 0. The molecule has 0 saturated carbocycles. The third-order valence-electron chi connectivity index (χ3n) is 20.8. The summed E-state index contributed by atoms with van der Waals surface area (Å²) in [6.07, 6.45) is 1.32. The Bertz CT molecular complexity index is 5990. The summed E-state index contributed by atoms with van der Waals surface area (Å²) in [5.41, 5.74) is 28.9. The van der Waals surface area contributed by atoms with Crippen LogP contribution in [0.1, 0.15) is 42.5 Å². The maximum Gasteiger partial charge on any atom is 0.106 e. The number of nitrogens with zero attached hydrogens (tertiary/aromatic N) is 5. The topological polar surface area (TPSA) is 77.6 Å². The molecule has 16 aromatic carbocycles. The summed E-state index contributed by atoms with van der Waals surface area (Å²) < 4.78 is 2.36. The fourth-order valence-corrected chi connectivity index (χ4v) is 15.6. The molecule has 114 heavy (non-hydrogen) atoms. The SMILES string of the molecule is CC(O)CC(C)O.[Ir].[c-]1ccccc1-c1cc(-c2ccccc2)ncn1.c1ccc(-c2ccc(N(c3ccccc3)c3ccc(-c4ccc5c(c4)c4ccccc4n5-c4ccccc4)cc3)cc2)cc1.c1ccc(-c2ccc(N(c3ccccc3)c3ccc(C4(c5ccccc5)c5ccccc5-c5ccccc54)cc3)cc2)cc1. The average molecular weight is 1650 g/mol. The molecule has 18 aromatic rings. The first kappa shape index (κ1) is 76.0. The van der Waals surface area contributed by atoms with E-state index in [1.807, 2.05) is 60.7 Å². The van der Waals surface area contributed by atoms with Gasteiger partial charge in [-0.1, -0.05) is 303 Å². The van der Waals surface area contributed by atoms with Crippen LogP contribution >= 0.6 is 0 Å². The molecule has 0 saturated heterocycles. The van der Waals surface area contributed by atoms with Gasteiger partial charge in [-0.2, -0.15) is 0 Å². The maximum atomic E-state index is 8.56. The molecule has 0 aliphatic heterocycles. The molecule has 7 nitrogen and oxygen atoms in total. The van der Waals surface area contributed by atoms with Crippen molar-refractivity contribution in [2.75, 3.05) is 9.80 Å². The second-order valence-corrected chi connectivity index (χ2v) is 28.3. The van der Waals surface area contributed by atoms with E-state index in [9.17, 15) is 0 Å². The summed E-state index contributed by atoms with van der Waals surface area (Å²) in [5, 5.41) is 19.6. The monoisotopic (exact) mass is 1650 g/mol. The van der Waals surface area contributed by atoms with Crippen molar-refractivity contribution < 1.29 is 30.3 Å². The van der Waals surface area contributed by atoms with Gasteiger partial charge in [0, 0.05) is 70.7 Å². The molecule has 1 aliphatic rings. The molecule has 19 rings (SSSR count). The number of aliphatic hydroxyl groups is 2. The largest absolute Gasteiger partial charge is 0.393 e. The van der Waals surface area contributed by atoms with Crippen molar-refractivity contribution in [2.24, 2.45) is 0 Å². The summed E-state index contributed by atoms with van der Waals surface area (Å²) in [4.78, 5) is 13.3. The Morgan fingerprint density at radius 2 is 0.675 bits per heavy atom. The second kappa shape index (κ2) is 35.7. The van der Waals surface area contributed by atoms with Crippen LogP contribution in [0.4, 0.5) is 34.1 Å². The van der Waals surface area contributed by atoms with E-state index < -0.39 is 5.41 Å². The van der Waals surface area contributed by atoms with Crippen molar-refractivity contribution in [1.82, 2.24) is 14.5 Å². The number of aliphatic hydroxyl groups excluding tert-OH is 2. The minimum Gasteiger partial charge on any atom is -0.393 e. The fourth-order valence-electron chi connectivity index (χ4n) is 15.6. The summed E-state index contributed by atoms with van der Waals surface area (Å²) in [5.74, 6) is 0. The molecule has 1 radical (unpaired) electrons. The van der Waals surface area contributed by atoms with E-state index in [2.05, 4.69) is 400 Å². The van der Waals surface area contributed by atoms with Crippen LogP contribution in [0.15, 0.2) is 437 Å².